The molecule has 1 saturated heterocycles. The molecule has 16 heavy (non-hydrogen) atoms. The Kier molecular flexibility index (Phi) is 3.05. The van der Waals surface area contributed by atoms with Gasteiger partial charge in [-0.2, -0.15) is 0 Å². The van der Waals surface area contributed by atoms with Gasteiger partial charge in [0.15, 0.2) is 0 Å². The summed E-state index contributed by atoms with van der Waals surface area (Å²) in [6.07, 6.45) is 0.849. The summed E-state index contributed by atoms with van der Waals surface area (Å²) in [5, 5.41) is 15.3. The molecule has 3 N–H and O–H groups in total. The van der Waals surface area contributed by atoms with E-state index in [2.05, 4.69) is 10.6 Å². The van der Waals surface area contributed by atoms with Gasteiger partial charge in [0.25, 0.3) is 5.91 Å². The molecule has 1 amide bonds. The molecule has 0 spiro atoms. The van der Waals surface area contributed by atoms with E-state index in [1.165, 1.54) is 6.07 Å². The van der Waals surface area contributed by atoms with Crippen molar-refractivity contribution in [2.45, 2.75) is 12.5 Å². The van der Waals surface area contributed by atoms with Gasteiger partial charge in [0, 0.05) is 12.6 Å². The second kappa shape index (κ2) is 4.49. The lowest BCUT2D eigenvalue weighted by atomic mass is 10.1. The van der Waals surface area contributed by atoms with Gasteiger partial charge in [-0.05, 0) is 31.2 Å². The third-order valence-electron chi connectivity index (χ3n) is 2.60. The van der Waals surface area contributed by atoms with Crippen molar-refractivity contribution in [2.24, 2.45) is 0 Å². The summed E-state index contributed by atoms with van der Waals surface area (Å²) in [7, 11) is 0. The van der Waals surface area contributed by atoms with E-state index in [1.54, 1.807) is 0 Å². The zero-order valence-electron chi connectivity index (χ0n) is 8.66. The van der Waals surface area contributed by atoms with Gasteiger partial charge in [0.1, 0.15) is 11.6 Å². The molecule has 4 nitrogen and oxygen atoms in total. The van der Waals surface area contributed by atoms with Crippen LogP contribution in [-0.2, 0) is 0 Å². The van der Waals surface area contributed by atoms with E-state index < -0.39 is 11.7 Å². The van der Waals surface area contributed by atoms with Crippen molar-refractivity contribution in [1.29, 1.82) is 0 Å². The first-order chi connectivity index (χ1) is 7.66. The Balaban J connectivity index is 2.10. The van der Waals surface area contributed by atoms with Crippen LogP contribution in [0.25, 0.3) is 0 Å². The van der Waals surface area contributed by atoms with Crippen molar-refractivity contribution in [3.63, 3.8) is 0 Å². The molecule has 0 aliphatic carbocycles. The first kappa shape index (κ1) is 10.9. The van der Waals surface area contributed by atoms with E-state index in [0.29, 0.717) is 6.54 Å². The van der Waals surface area contributed by atoms with E-state index in [4.69, 9.17) is 0 Å². The van der Waals surface area contributed by atoms with Crippen LogP contribution in [0, 0.1) is 5.82 Å². The first-order valence-corrected chi connectivity index (χ1v) is 5.17. The SMILES string of the molecule is O=C(NC1CCNC1)c1cc(F)ccc1O. The first-order valence-electron chi connectivity index (χ1n) is 5.17. The standard InChI is InChI=1S/C11H13FN2O2/c12-7-1-2-10(15)9(5-7)11(16)14-8-3-4-13-6-8/h1-2,5,8,13,15H,3-4,6H2,(H,14,16). The maximum absolute atomic E-state index is 12.9. The second-order valence-corrected chi connectivity index (χ2v) is 3.82. The molecule has 1 atom stereocenters. The van der Waals surface area contributed by atoms with Crippen molar-refractivity contribution in [1.82, 2.24) is 10.6 Å². The number of carbonyl (C=O) groups is 1. The Bertz CT molecular complexity index is 403. The van der Waals surface area contributed by atoms with Crippen LogP contribution in [0.1, 0.15) is 16.8 Å². The molecule has 0 radical (unpaired) electrons. The summed E-state index contributed by atoms with van der Waals surface area (Å²) in [5.41, 5.74) is -0.0214. The Morgan fingerprint density at radius 2 is 2.38 bits per heavy atom. The topological polar surface area (TPSA) is 61.4 Å². The van der Waals surface area contributed by atoms with Crippen molar-refractivity contribution >= 4 is 5.91 Å². The third kappa shape index (κ3) is 2.30. The molecule has 5 heteroatoms. The number of benzene rings is 1. The minimum atomic E-state index is -0.535. The zero-order chi connectivity index (χ0) is 11.5. The number of carbonyl (C=O) groups excluding carboxylic acids is 1. The van der Waals surface area contributed by atoms with E-state index in [-0.39, 0.29) is 17.4 Å². The number of rotatable bonds is 2. The average Bonchev–Trinajstić information content (AvgIpc) is 2.74. The van der Waals surface area contributed by atoms with Crippen LogP contribution >= 0.6 is 0 Å². The van der Waals surface area contributed by atoms with E-state index in [9.17, 15) is 14.3 Å². The van der Waals surface area contributed by atoms with Crippen molar-refractivity contribution < 1.29 is 14.3 Å². The Morgan fingerprint density at radius 1 is 1.56 bits per heavy atom. The highest BCUT2D eigenvalue weighted by molar-refractivity contribution is 5.97. The second-order valence-electron chi connectivity index (χ2n) is 3.82. The number of amides is 1. The summed E-state index contributed by atoms with van der Waals surface area (Å²) < 4.78 is 12.9. The monoisotopic (exact) mass is 224 g/mol. The van der Waals surface area contributed by atoms with Crippen LogP contribution in [0.4, 0.5) is 4.39 Å². The fourth-order valence-corrected chi connectivity index (χ4v) is 1.73. The summed E-state index contributed by atoms with van der Waals surface area (Å²) in [5.74, 6) is -1.18. The molecule has 1 fully saturated rings. The largest absolute Gasteiger partial charge is 0.507 e. The molecule has 86 valence electrons. The highest BCUT2D eigenvalue weighted by atomic mass is 19.1. The van der Waals surface area contributed by atoms with Crippen LogP contribution in [-0.4, -0.2) is 30.1 Å². The van der Waals surface area contributed by atoms with E-state index in [1.807, 2.05) is 0 Å². The maximum Gasteiger partial charge on any atom is 0.255 e. The number of nitrogens with one attached hydrogen (secondary N) is 2. The molecule has 1 aliphatic rings. The molecular weight excluding hydrogens is 211 g/mol. The van der Waals surface area contributed by atoms with E-state index >= 15 is 0 Å². The normalized spacial score (nSPS) is 19.7. The number of phenols is 1. The molecule has 1 aromatic rings. The molecule has 1 heterocycles. The Hall–Kier alpha value is -1.62. The minimum absolute atomic E-state index is 0.0214. The highest BCUT2D eigenvalue weighted by Crippen LogP contribution is 2.17. The van der Waals surface area contributed by atoms with Crippen LogP contribution in [0.5, 0.6) is 5.75 Å². The molecule has 1 aromatic carbocycles. The molecule has 2 rings (SSSR count). The van der Waals surface area contributed by atoms with Crippen LogP contribution in [0.15, 0.2) is 18.2 Å². The number of aromatic hydroxyl groups is 1. The van der Waals surface area contributed by atoms with Crippen molar-refractivity contribution in [3.8, 4) is 5.75 Å². The molecule has 1 aliphatic heterocycles. The smallest absolute Gasteiger partial charge is 0.255 e. The van der Waals surface area contributed by atoms with Gasteiger partial charge in [-0.1, -0.05) is 0 Å². The lowest BCUT2D eigenvalue weighted by molar-refractivity contribution is 0.0937. The number of halogens is 1. The van der Waals surface area contributed by atoms with Gasteiger partial charge < -0.3 is 15.7 Å². The fourth-order valence-electron chi connectivity index (χ4n) is 1.73. The summed E-state index contributed by atoms with van der Waals surface area (Å²) in [6, 6.07) is 3.38. The summed E-state index contributed by atoms with van der Waals surface area (Å²) >= 11 is 0. The zero-order valence-corrected chi connectivity index (χ0v) is 8.66. The molecule has 0 bridgehead atoms. The lowest BCUT2D eigenvalue weighted by Gasteiger charge is -2.11. The minimum Gasteiger partial charge on any atom is -0.507 e. The van der Waals surface area contributed by atoms with Gasteiger partial charge in [0.2, 0.25) is 0 Å². The van der Waals surface area contributed by atoms with Gasteiger partial charge in [-0.3, -0.25) is 4.79 Å². The molecular formula is C11H13FN2O2. The maximum atomic E-state index is 12.9. The highest BCUT2D eigenvalue weighted by Gasteiger charge is 2.19. The quantitative estimate of drug-likeness (QED) is 0.690. The van der Waals surface area contributed by atoms with Crippen molar-refractivity contribution in [2.75, 3.05) is 13.1 Å². The fraction of sp³-hybridized carbons (Fsp3) is 0.364. The van der Waals surface area contributed by atoms with Gasteiger partial charge in [-0.25, -0.2) is 4.39 Å². The van der Waals surface area contributed by atoms with Gasteiger partial charge >= 0.3 is 0 Å². The molecule has 0 saturated carbocycles. The van der Waals surface area contributed by atoms with Gasteiger partial charge in [0.05, 0.1) is 5.56 Å². The number of phenolic OH excluding ortho intramolecular Hbond substituents is 1. The van der Waals surface area contributed by atoms with Crippen LogP contribution in [0.3, 0.4) is 0 Å². The predicted molar refractivity (Wildman–Crippen MR) is 56.8 cm³/mol. The van der Waals surface area contributed by atoms with Gasteiger partial charge in [-0.15, -0.1) is 0 Å². The van der Waals surface area contributed by atoms with Crippen LogP contribution in [0.2, 0.25) is 0 Å². The number of hydrogen-bond donors (Lipinski definition) is 3. The van der Waals surface area contributed by atoms with E-state index in [0.717, 1.165) is 25.1 Å². The third-order valence-corrected chi connectivity index (χ3v) is 2.60. The molecule has 1 unspecified atom stereocenters. The Morgan fingerprint density at radius 3 is 3.06 bits per heavy atom. The summed E-state index contributed by atoms with van der Waals surface area (Å²) in [6.45, 7) is 1.57. The predicted octanol–water partition coefficient (Wildman–Crippen LogP) is 0.623. The average molecular weight is 224 g/mol. The van der Waals surface area contributed by atoms with Crippen LogP contribution < -0.4 is 10.6 Å². The van der Waals surface area contributed by atoms with Crippen molar-refractivity contribution in [3.05, 3.63) is 29.6 Å². The summed E-state index contributed by atoms with van der Waals surface area (Å²) in [4.78, 5) is 11.7. The molecule has 0 aromatic heterocycles. The number of hydrogen-bond acceptors (Lipinski definition) is 3. The lowest BCUT2D eigenvalue weighted by Crippen LogP contribution is -2.36. The Labute approximate surface area is 92.5 Å².